The molecular formula is C10H4ClF2NO3. The number of halogens is 3. The van der Waals surface area contributed by atoms with E-state index in [4.69, 9.17) is 16.7 Å². The second kappa shape index (κ2) is 4.14. The predicted molar refractivity (Wildman–Crippen MR) is 53.8 cm³/mol. The molecule has 0 amide bonds. The van der Waals surface area contributed by atoms with Gasteiger partial charge in [0.1, 0.15) is 17.3 Å². The standard InChI is InChI=1S/C10H4ClF2NO3/c11-9-5(13)2-1-4(12)8(9)6-3-7(10(15)16)17-14-6/h1-3H,(H,15,16). The summed E-state index contributed by atoms with van der Waals surface area (Å²) in [5.74, 6) is -3.50. The van der Waals surface area contributed by atoms with E-state index in [1.165, 1.54) is 0 Å². The van der Waals surface area contributed by atoms with Gasteiger partial charge < -0.3 is 9.63 Å². The van der Waals surface area contributed by atoms with Crippen molar-refractivity contribution in [3.8, 4) is 11.3 Å². The predicted octanol–water partition coefficient (Wildman–Crippen LogP) is 2.97. The SMILES string of the molecule is O=C(O)c1cc(-c2c(F)ccc(F)c2Cl)no1. The number of carbonyl (C=O) groups is 1. The Kier molecular flexibility index (Phi) is 2.81. The Morgan fingerprint density at radius 1 is 1.35 bits per heavy atom. The van der Waals surface area contributed by atoms with Gasteiger partial charge >= 0.3 is 5.97 Å². The van der Waals surface area contributed by atoms with Gasteiger partial charge in [-0.25, -0.2) is 13.6 Å². The fourth-order valence-corrected chi connectivity index (χ4v) is 1.51. The van der Waals surface area contributed by atoms with E-state index >= 15 is 0 Å². The summed E-state index contributed by atoms with van der Waals surface area (Å²) in [7, 11) is 0. The number of nitrogens with zero attached hydrogens (tertiary/aromatic N) is 1. The first-order valence-electron chi connectivity index (χ1n) is 4.34. The smallest absolute Gasteiger partial charge is 0.374 e. The summed E-state index contributed by atoms with van der Waals surface area (Å²) in [6, 6.07) is 2.69. The lowest BCUT2D eigenvalue weighted by Crippen LogP contribution is -1.92. The summed E-state index contributed by atoms with van der Waals surface area (Å²) in [4.78, 5) is 10.5. The molecule has 0 spiro atoms. The van der Waals surface area contributed by atoms with E-state index in [1.54, 1.807) is 0 Å². The van der Waals surface area contributed by atoms with Crippen LogP contribution in [0.1, 0.15) is 10.6 Å². The normalized spacial score (nSPS) is 10.5. The van der Waals surface area contributed by atoms with Crippen molar-refractivity contribution in [1.82, 2.24) is 5.16 Å². The van der Waals surface area contributed by atoms with Crippen molar-refractivity contribution in [2.45, 2.75) is 0 Å². The van der Waals surface area contributed by atoms with Crippen LogP contribution in [0.15, 0.2) is 22.7 Å². The fraction of sp³-hybridized carbons (Fsp3) is 0. The van der Waals surface area contributed by atoms with Gasteiger partial charge in [0.2, 0.25) is 5.76 Å². The Balaban J connectivity index is 2.60. The largest absolute Gasteiger partial charge is 0.475 e. The molecule has 2 aromatic rings. The molecule has 0 saturated heterocycles. The van der Waals surface area contributed by atoms with E-state index in [0.29, 0.717) is 0 Å². The van der Waals surface area contributed by atoms with Gasteiger partial charge in [0.15, 0.2) is 0 Å². The molecule has 0 unspecified atom stereocenters. The molecule has 0 aliphatic rings. The Morgan fingerprint density at radius 3 is 2.59 bits per heavy atom. The quantitative estimate of drug-likeness (QED) is 0.842. The van der Waals surface area contributed by atoms with Crippen molar-refractivity contribution < 1.29 is 23.2 Å². The van der Waals surface area contributed by atoms with E-state index in [2.05, 4.69) is 9.68 Å². The van der Waals surface area contributed by atoms with Crippen LogP contribution in [-0.2, 0) is 0 Å². The number of carboxylic acid groups (broad SMARTS) is 1. The van der Waals surface area contributed by atoms with Crippen LogP contribution in [0, 0.1) is 11.6 Å². The molecule has 0 aliphatic carbocycles. The van der Waals surface area contributed by atoms with Gasteiger partial charge in [-0.2, -0.15) is 0 Å². The van der Waals surface area contributed by atoms with Crippen LogP contribution in [-0.4, -0.2) is 16.2 Å². The molecule has 1 heterocycles. The number of aromatic carboxylic acids is 1. The van der Waals surface area contributed by atoms with Crippen LogP contribution in [0.2, 0.25) is 5.02 Å². The maximum Gasteiger partial charge on any atom is 0.374 e. The van der Waals surface area contributed by atoms with Crippen LogP contribution in [0.4, 0.5) is 8.78 Å². The minimum absolute atomic E-state index is 0.176. The lowest BCUT2D eigenvalue weighted by Gasteiger charge is -2.02. The Hall–Kier alpha value is -1.95. The molecule has 2 rings (SSSR count). The zero-order chi connectivity index (χ0) is 12.6. The summed E-state index contributed by atoms with van der Waals surface area (Å²) in [6.07, 6.45) is 0. The second-order valence-corrected chi connectivity index (χ2v) is 3.48. The number of hydrogen-bond donors (Lipinski definition) is 1. The van der Waals surface area contributed by atoms with Gasteiger partial charge in [-0.15, -0.1) is 0 Å². The van der Waals surface area contributed by atoms with E-state index in [-0.39, 0.29) is 11.3 Å². The number of carboxylic acids is 1. The summed E-state index contributed by atoms with van der Waals surface area (Å²) >= 11 is 5.58. The number of benzene rings is 1. The molecule has 0 fully saturated rings. The maximum atomic E-state index is 13.4. The van der Waals surface area contributed by atoms with Crippen molar-refractivity contribution in [3.63, 3.8) is 0 Å². The Bertz CT molecular complexity index is 597. The summed E-state index contributed by atoms with van der Waals surface area (Å²) in [5, 5.41) is 11.5. The first kappa shape index (κ1) is 11.5. The molecule has 0 atom stereocenters. The van der Waals surface area contributed by atoms with Gasteiger partial charge in [0.25, 0.3) is 0 Å². The van der Waals surface area contributed by atoms with E-state index in [9.17, 15) is 13.6 Å². The number of hydrogen-bond acceptors (Lipinski definition) is 3. The van der Waals surface area contributed by atoms with Gasteiger partial charge in [-0.05, 0) is 12.1 Å². The fourth-order valence-electron chi connectivity index (χ4n) is 1.26. The number of aromatic nitrogens is 1. The van der Waals surface area contributed by atoms with Gasteiger partial charge in [0, 0.05) is 6.07 Å². The molecule has 1 aromatic carbocycles. The highest BCUT2D eigenvalue weighted by atomic mass is 35.5. The lowest BCUT2D eigenvalue weighted by atomic mass is 10.1. The third kappa shape index (κ3) is 1.99. The summed E-state index contributed by atoms with van der Waals surface area (Å²) in [6.45, 7) is 0. The average molecular weight is 260 g/mol. The van der Waals surface area contributed by atoms with Crippen molar-refractivity contribution in [1.29, 1.82) is 0 Å². The minimum atomic E-state index is -1.36. The minimum Gasteiger partial charge on any atom is -0.475 e. The molecule has 0 saturated carbocycles. The molecule has 7 heteroatoms. The highest BCUT2D eigenvalue weighted by molar-refractivity contribution is 6.33. The first-order valence-corrected chi connectivity index (χ1v) is 4.72. The monoisotopic (exact) mass is 259 g/mol. The molecule has 1 N–H and O–H groups in total. The highest BCUT2D eigenvalue weighted by Crippen LogP contribution is 2.32. The average Bonchev–Trinajstić information content (AvgIpc) is 2.73. The lowest BCUT2D eigenvalue weighted by molar-refractivity contribution is 0.0652. The van der Waals surface area contributed by atoms with Crippen molar-refractivity contribution in [2.24, 2.45) is 0 Å². The molecule has 1 aromatic heterocycles. The zero-order valence-electron chi connectivity index (χ0n) is 8.08. The molecule has 0 bridgehead atoms. The second-order valence-electron chi connectivity index (χ2n) is 3.10. The topological polar surface area (TPSA) is 63.3 Å². The van der Waals surface area contributed by atoms with Gasteiger partial charge in [-0.1, -0.05) is 16.8 Å². The van der Waals surface area contributed by atoms with Crippen LogP contribution < -0.4 is 0 Å². The third-order valence-electron chi connectivity index (χ3n) is 2.02. The molecule has 0 aliphatic heterocycles. The molecule has 88 valence electrons. The first-order chi connectivity index (χ1) is 8.00. The van der Waals surface area contributed by atoms with E-state index in [1.807, 2.05) is 0 Å². The maximum absolute atomic E-state index is 13.4. The highest BCUT2D eigenvalue weighted by Gasteiger charge is 2.19. The third-order valence-corrected chi connectivity index (χ3v) is 2.39. The molecule has 17 heavy (non-hydrogen) atoms. The van der Waals surface area contributed by atoms with Crippen LogP contribution in [0.3, 0.4) is 0 Å². The van der Waals surface area contributed by atoms with Crippen LogP contribution >= 0.6 is 11.6 Å². The van der Waals surface area contributed by atoms with E-state index < -0.39 is 28.4 Å². The Morgan fingerprint density at radius 2 is 2.00 bits per heavy atom. The van der Waals surface area contributed by atoms with Crippen molar-refractivity contribution in [2.75, 3.05) is 0 Å². The van der Waals surface area contributed by atoms with Gasteiger partial charge in [0.05, 0.1) is 10.6 Å². The Labute approximate surface area is 98.4 Å². The van der Waals surface area contributed by atoms with E-state index in [0.717, 1.165) is 18.2 Å². The summed E-state index contributed by atoms with van der Waals surface area (Å²) < 4.78 is 31.0. The molecule has 4 nitrogen and oxygen atoms in total. The van der Waals surface area contributed by atoms with Crippen LogP contribution in [0.25, 0.3) is 11.3 Å². The molecular weight excluding hydrogens is 256 g/mol. The molecule has 0 radical (unpaired) electrons. The van der Waals surface area contributed by atoms with Crippen molar-refractivity contribution >= 4 is 17.6 Å². The zero-order valence-corrected chi connectivity index (χ0v) is 8.83. The van der Waals surface area contributed by atoms with Crippen molar-refractivity contribution in [3.05, 3.63) is 40.6 Å². The summed E-state index contributed by atoms with van der Waals surface area (Å²) in [5.41, 5.74) is -0.507. The van der Waals surface area contributed by atoms with Crippen LogP contribution in [0.5, 0.6) is 0 Å². The number of rotatable bonds is 2. The van der Waals surface area contributed by atoms with Gasteiger partial charge in [-0.3, -0.25) is 0 Å².